The third kappa shape index (κ3) is 63.3. The van der Waals surface area contributed by atoms with E-state index in [9.17, 15) is 19.5 Å². The van der Waals surface area contributed by atoms with E-state index in [1.54, 1.807) is 0 Å². The molecule has 0 aromatic carbocycles. The lowest BCUT2D eigenvalue weighted by Crippen LogP contribution is -2.40. The van der Waals surface area contributed by atoms with E-state index in [1.807, 2.05) is 21.1 Å². The van der Waals surface area contributed by atoms with Gasteiger partial charge in [0.2, 0.25) is 0 Å². The fourth-order valence-electron chi connectivity index (χ4n) is 8.88. The van der Waals surface area contributed by atoms with Crippen molar-refractivity contribution in [3.8, 4) is 0 Å². The number of aliphatic carboxylic acids is 1. The van der Waals surface area contributed by atoms with Gasteiger partial charge in [0.15, 0.2) is 6.10 Å². The van der Waals surface area contributed by atoms with Gasteiger partial charge in [0.05, 0.1) is 34.4 Å². The number of quaternary nitrogens is 1. The summed E-state index contributed by atoms with van der Waals surface area (Å²) in [5.74, 6) is -2.02. The third-order valence-electron chi connectivity index (χ3n) is 14.0. The Balaban J connectivity index is 4.06. The van der Waals surface area contributed by atoms with Crippen LogP contribution < -0.4 is 0 Å². The first kappa shape index (κ1) is 77.7. The van der Waals surface area contributed by atoms with Crippen LogP contribution in [0.5, 0.6) is 0 Å². The van der Waals surface area contributed by atoms with Crippen molar-refractivity contribution in [3.05, 3.63) is 122 Å². The minimum Gasteiger partial charge on any atom is -0.477 e. The van der Waals surface area contributed by atoms with E-state index in [2.05, 4.69) is 135 Å². The fourth-order valence-corrected chi connectivity index (χ4v) is 8.88. The quantitative estimate of drug-likeness (QED) is 0.0211. The minimum absolute atomic E-state index is 0.182. The molecule has 0 saturated heterocycles. The highest BCUT2D eigenvalue weighted by Crippen LogP contribution is 2.16. The second kappa shape index (κ2) is 62.7. The molecule has 2 unspecified atom stereocenters. The predicted molar refractivity (Wildman–Crippen MR) is 350 cm³/mol. The number of unbranched alkanes of at least 4 members (excludes halogenated alkanes) is 25. The van der Waals surface area contributed by atoms with Crippen molar-refractivity contribution in [1.82, 2.24) is 0 Å². The highest BCUT2D eigenvalue weighted by Gasteiger charge is 2.25. The molecule has 0 aliphatic rings. The normalized spacial score (nSPS) is 13.5. The molecular formula is C73H124NO8+. The second-order valence-electron chi connectivity index (χ2n) is 23.0. The molecule has 0 bridgehead atoms. The van der Waals surface area contributed by atoms with E-state index >= 15 is 0 Å². The second-order valence-corrected chi connectivity index (χ2v) is 23.0. The molecule has 0 rings (SSSR count). The first-order valence-electron chi connectivity index (χ1n) is 33.2. The molecule has 0 fully saturated rings. The summed E-state index contributed by atoms with van der Waals surface area (Å²) < 4.78 is 22.9. The Hall–Kier alpha value is -4.31. The molecule has 2 atom stereocenters. The number of carboxylic acids is 1. The van der Waals surface area contributed by atoms with Gasteiger partial charge in [-0.15, -0.1) is 0 Å². The Morgan fingerprint density at radius 1 is 0.378 bits per heavy atom. The number of carbonyl (C=O) groups excluding carboxylic acids is 2. The van der Waals surface area contributed by atoms with Crippen LogP contribution in [0.3, 0.4) is 0 Å². The minimum atomic E-state index is -1.52. The van der Waals surface area contributed by atoms with Crippen molar-refractivity contribution in [2.24, 2.45) is 0 Å². The molecular weight excluding hydrogens is 1020 g/mol. The van der Waals surface area contributed by atoms with Crippen LogP contribution in [-0.2, 0) is 33.3 Å². The Morgan fingerprint density at radius 3 is 1.04 bits per heavy atom. The van der Waals surface area contributed by atoms with E-state index in [0.29, 0.717) is 17.4 Å². The van der Waals surface area contributed by atoms with Crippen LogP contribution in [0.1, 0.15) is 264 Å². The molecule has 0 amide bonds. The number of ether oxygens (including phenoxy) is 4. The van der Waals surface area contributed by atoms with Crippen LogP contribution in [0.2, 0.25) is 0 Å². The van der Waals surface area contributed by atoms with E-state index in [4.69, 9.17) is 18.9 Å². The summed E-state index contributed by atoms with van der Waals surface area (Å²) in [5, 5.41) is 9.72. The van der Waals surface area contributed by atoms with Crippen molar-refractivity contribution in [1.29, 1.82) is 0 Å². The number of likely N-dealkylation sites (N-methyl/N-ethyl adjacent to an activating group) is 1. The van der Waals surface area contributed by atoms with Crippen molar-refractivity contribution >= 4 is 17.9 Å². The fraction of sp³-hybridized carbons (Fsp3) is 0.685. The van der Waals surface area contributed by atoms with Gasteiger partial charge in [0, 0.05) is 12.8 Å². The topological polar surface area (TPSA) is 108 Å². The lowest BCUT2D eigenvalue weighted by atomic mass is 10.0. The predicted octanol–water partition coefficient (Wildman–Crippen LogP) is 20.4. The molecule has 468 valence electrons. The number of allylic oxidation sites excluding steroid dienone is 20. The Labute approximate surface area is 504 Å². The van der Waals surface area contributed by atoms with Gasteiger partial charge in [-0.05, 0) is 109 Å². The largest absolute Gasteiger partial charge is 0.477 e. The summed E-state index contributed by atoms with van der Waals surface area (Å²) in [6.45, 7) is 4.73. The smallest absolute Gasteiger partial charge is 0.361 e. The van der Waals surface area contributed by atoms with Gasteiger partial charge in [-0.3, -0.25) is 9.59 Å². The van der Waals surface area contributed by atoms with Crippen LogP contribution in [0.4, 0.5) is 0 Å². The highest BCUT2D eigenvalue weighted by molar-refractivity contribution is 5.71. The van der Waals surface area contributed by atoms with Gasteiger partial charge >= 0.3 is 17.9 Å². The van der Waals surface area contributed by atoms with E-state index in [0.717, 1.165) is 109 Å². The van der Waals surface area contributed by atoms with Crippen LogP contribution in [0.25, 0.3) is 0 Å². The van der Waals surface area contributed by atoms with Gasteiger partial charge in [-0.1, -0.05) is 264 Å². The van der Waals surface area contributed by atoms with E-state index < -0.39 is 24.3 Å². The van der Waals surface area contributed by atoms with E-state index in [-0.39, 0.29) is 38.6 Å². The first-order valence-corrected chi connectivity index (χ1v) is 33.2. The van der Waals surface area contributed by atoms with Crippen LogP contribution in [0, 0.1) is 0 Å². The van der Waals surface area contributed by atoms with E-state index in [1.165, 1.54) is 122 Å². The molecule has 9 heteroatoms. The number of hydrogen-bond donors (Lipinski definition) is 1. The van der Waals surface area contributed by atoms with Gasteiger partial charge in [0.1, 0.15) is 13.2 Å². The molecule has 9 nitrogen and oxygen atoms in total. The number of nitrogens with zero attached hydrogens (tertiary/aromatic N) is 1. The number of carboxylic acid groups (broad SMARTS) is 1. The molecule has 0 aliphatic carbocycles. The molecule has 0 aromatic heterocycles. The van der Waals surface area contributed by atoms with Crippen molar-refractivity contribution < 1.29 is 42.9 Å². The first-order chi connectivity index (χ1) is 40.1. The Bertz CT molecular complexity index is 1760. The highest BCUT2D eigenvalue weighted by atomic mass is 16.7. The van der Waals surface area contributed by atoms with Crippen LogP contribution >= 0.6 is 0 Å². The summed E-state index contributed by atoms with van der Waals surface area (Å²) in [4.78, 5) is 37.5. The molecule has 0 radical (unpaired) electrons. The monoisotopic (exact) mass is 1140 g/mol. The Kier molecular flexibility index (Phi) is 59.4. The summed E-state index contributed by atoms with van der Waals surface area (Å²) in [7, 11) is 5.96. The molecule has 0 spiro atoms. The molecule has 0 aliphatic heterocycles. The molecule has 82 heavy (non-hydrogen) atoms. The zero-order valence-electron chi connectivity index (χ0n) is 53.4. The summed E-state index contributed by atoms with van der Waals surface area (Å²) in [5.41, 5.74) is 0. The number of rotatable bonds is 60. The average molecular weight is 1140 g/mol. The lowest BCUT2D eigenvalue weighted by Gasteiger charge is -2.25. The Morgan fingerprint density at radius 2 is 0.695 bits per heavy atom. The lowest BCUT2D eigenvalue weighted by molar-refractivity contribution is -0.870. The van der Waals surface area contributed by atoms with Gasteiger partial charge in [-0.2, -0.15) is 0 Å². The van der Waals surface area contributed by atoms with Crippen LogP contribution in [-0.4, -0.2) is 87.4 Å². The number of hydrogen-bond acceptors (Lipinski definition) is 7. The van der Waals surface area contributed by atoms with Crippen LogP contribution in [0.15, 0.2) is 122 Å². The molecule has 0 heterocycles. The van der Waals surface area contributed by atoms with Crippen molar-refractivity contribution in [2.45, 2.75) is 277 Å². The van der Waals surface area contributed by atoms with Gasteiger partial charge in [0.25, 0.3) is 6.29 Å². The summed E-state index contributed by atoms with van der Waals surface area (Å²) in [6, 6.07) is 0. The SMILES string of the molecule is CC/C=C\C/C=C\C/C=C\C/C=C\C/C=C\C/C=C\C/C=C\C/C=C\CCCCCCCCCCCCCCCCCCC(=O)OC(COC(=O)CCCCCCC/C=C\C/C=C\CCCCCC)COC(OCC[N+](C)(C)C)C(=O)O. The molecule has 0 aromatic rings. The maximum atomic E-state index is 12.9. The maximum absolute atomic E-state index is 12.9. The van der Waals surface area contributed by atoms with Crippen molar-refractivity contribution in [3.63, 3.8) is 0 Å². The average Bonchev–Trinajstić information content (AvgIpc) is 3.45. The number of esters is 2. The summed E-state index contributed by atoms with van der Waals surface area (Å²) >= 11 is 0. The van der Waals surface area contributed by atoms with Crippen molar-refractivity contribution in [2.75, 3.05) is 47.5 Å². The zero-order chi connectivity index (χ0) is 59.8. The molecule has 0 saturated carbocycles. The standard InChI is InChI=1S/C73H123NO8/c1-6-8-10-12-14-16-18-20-22-24-25-26-27-28-29-30-31-32-33-34-35-36-37-38-39-40-41-42-43-44-45-46-47-48-50-52-54-56-58-60-62-64-71(76)82-69(68-81-73(72(77)78)79-66-65-74(3,4)5)67-80-70(75)63-61-59-57-55-53-51-49-23-21-19-17-15-13-11-9-7-2/h8,10,14,16-17,19-20,22-23,25-26,28-29,31-32,34-35,37-38,49,69,73H,6-7,9,11-13,15,18,21,24,27,30,33,36,39-48,50-68H2,1-5H3/p+1/b10-8-,16-14-,19-17-,22-20-,26-25-,29-28-,32-31-,35-34-,38-37-,49-23-. The number of carbonyl (C=O) groups is 3. The van der Waals surface area contributed by atoms with Gasteiger partial charge in [-0.25, -0.2) is 4.79 Å². The maximum Gasteiger partial charge on any atom is 0.361 e. The molecule has 1 N–H and O–H groups in total. The summed E-state index contributed by atoms with van der Waals surface area (Å²) in [6.07, 6.45) is 85.9. The zero-order valence-corrected chi connectivity index (χ0v) is 53.4. The third-order valence-corrected chi connectivity index (χ3v) is 14.0. The van der Waals surface area contributed by atoms with Gasteiger partial charge < -0.3 is 28.5 Å².